The summed E-state index contributed by atoms with van der Waals surface area (Å²) in [5.41, 5.74) is -0.284. The molecule has 3 nitrogen and oxygen atoms in total. The van der Waals surface area contributed by atoms with E-state index >= 15 is 0 Å². The Balaban J connectivity index is 2.95. The zero-order valence-electron chi connectivity index (χ0n) is 7.84. The van der Waals surface area contributed by atoms with E-state index in [0.717, 1.165) is 0 Å². The van der Waals surface area contributed by atoms with Crippen molar-refractivity contribution in [3.05, 3.63) is 5.69 Å². The minimum absolute atomic E-state index is 0.222. The van der Waals surface area contributed by atoms with E-state index in [-0.39, 0.29) is 5.69 Å². The molecule has 0 aliphatic carbocycles. The predicted octanol–water partition coefficient (Wildman–Crippen LogP) is 2.73. The highest BCUT2D eigenvalue weighted by Crippen LogP contribution is 2.32. The highest BCUT2D eigenvalue weighted by atomic mass is 32.1. The molecule has 0 aliphatic heterocycles. The SMILES string of the molecule is CC(C)(C)c1nsnc1OC(F)(F)F. The minimum Gasteiger partial charge on any atom is -0.385 e. The normalized spacial score (nSPS) is 13.0. The number of hydrogen-bond donors (Lipinski definition) is 0. The van der Waals surface area contributed by atoms with Crippen LogP contribution < -0.4 is 4.74 Å². The van der Waals surface area contributed by atoms with E-state index in [1.54, 1.807) is 20.8 Å². The van der Waals surface area contributed by atoms with Gasteiger partial charge in [0, 0.05) is 5.41 Å². The Morgan fingerprint density at radius 2 is 1.71 bits per heavy atom. The monoisotopic (exact) mass is 226 g/mol. The van der Waals surface area contributed by atoms with Crippen molar-refractivity contribution in [1.82, 2.24) is 8.75 Å². The molecule has 7 heteroatoms. The van der Waals surface area contributed by atoms with Gasteiger partial charge in [-0.15, -0.1) is 17.5 Å². The molecule has 0 bridgehead atoms. The first-order valence-electron chi connectivity index (χ1n) is 3.79. The fraction of sp³-hybridized carbons (Fsp3) is 0.714. The van der Waals surface area contributed by atoms with Crippen molar-refractivity contribution in [1.29, 1.82) is 0 Å². The molecule has 1 heterocycles. The molecule has 0 fully saturated rings. The first-order valence-corrected chi connectivity index (χ1v) is 4.52. The highest BCUT2D eigenvalue weighted by molar-refractivity contribution is 6.99. The maximum atomic E-state index is 11.9. The third kappa shape index (κ3) is 2.83. The summed E-state index contributed by atoms with van der Waals surface area (Å²) in [6.07, 6.45) is -4.71. The highest BCUT2D eigenvalue weighted by Gasteiger charge is 2.35. The number of alkyl halides is 3. The van der Waals surface area contributed by atoms with Crippen LogP contribution in [-0.2, 0) is 5.41 Å². The Labute approximate surface area is 83.2 Å². The van der Waals surface area contributed by atoms with Gasteiger partial charge < -0.3 is 4.74 Å². The molecule has 0 atom stereocenters. The average molecular weight is 226 g/mol. The zero-order chi connectivity index (χ0) is 11.0. The van der Waals surface area contributed by atoms with Gasteiger partial charge in [0.25, 0.3) is 5.88 Å². The Morgan fingerprint density at radius 1 is 1.14 bits per heavy atom. The Hall–Kier alpha value is -0.850. The molecule has 0 saturated carbocycles. The van der Waals surface area contributed by atoms with Crippen LogP contribution in [0.15, 0.2) is 0 Å². The van der Waals surface area contributed by atoms with Gasteiger partial charge >= 0.3 is 6.36 Å². The lowest BCUT2D eigenvalue weighted by Crippen LogP contribution is -2.21. The smallest absolute Gasteiger partial charge is 0.385 e. The minimum atomic E-state index is -4.71. The van der Waals surface area contributed by atoms with Gasteiger partial charge in [-0.1, -0.05) is 20.8 Å². The van der Waals surface area contributed by atoms with Gasteiger partial charge in [0.1, 0.15) is 5.69 Å². The second-order valence-corrected chi connectivity index (χ2v) is 4.24. The largest absolute Gasteiger partial charge is 0.574 e. The summed E-state index contributed by atoms with van der Waals surface area (Å²) >= 11 is 0.709. The molecule has 0 aromatic carbocycles. The van der Waals surface area contributed by atoms with Crippen LogP contribution in [0.5, 0.6) is 5.88 Å². The molecule has 80 valence electrons. The third-order valence-electron chi connectivity index (χ3n) is 1.38. The van der Waals surface area contributed by atoms with E-state index in [9.17, 15) is 13.2 Å². The van der Waals surface area contributed by atoms with Gasteiger partial charge in [-0.25, -0.2) is 0 Å². The summed E-state index contributed by atoms with van der Waals surface area (Å²) in [5.74, 6) is -0.449. The summed E-state index contributed by atoms with van der Waals surface area (Å²) < 4.78 is 46.7. The van der Waals surface area contributed by atoms with Gasteiger partial charge in [0.05, 0.1) is 11.7 Å². The third-order valence-corrected chi connectivity index (χ3v) is 1.89. The van der Waals surface area contributed by atoms with Crippen molar-refractivity contribution >= 4 is 11.7 Å². The molecule has 0 aliphatic rings. The lowest BCUT2D eigenvalue weighted by molar-refractivity contribution is -0.276. The molecule has 0 spiro atoms. The summed E-state index contributed by atoms with van der Waals surface area (Å²) in [4.78, 5) is 0. The molecule has 1 aromatic rings. The van der Waals surface area contributed by atoms with E-state index in [4.69, 9.17) is 0 Å². The molecule has 1 aromatic heterocycles. The first-order chi connectivity index (χ1) is 6.20. The molecular weight excluding hydrogens is 217 g/mol. The van der Waals surface area contributed by atoms with Crippen LogP contribution in [0.4, 0.5) is 13.2 Å². The predicted molar refractivity (Wildman–Crippen MR) is 45.3 cm³/mol. The fourth-order valence-corrected chi connectivity index (χ4v) is 1.49. The van der Waals surface area contributed by atoms with E-state index in [0.29, 0.717) is 11.7 Å². The maximum absolute atomic E-state index is 11.9. The molecule has 0 saturated heterocycles. The van der Waals surface area contributed by atoms with Crippen molar-refractivity contribution in [2.75, 3.05) is 0 Å². The van der Waals surface area contributed by atoms with Crippen LogP contribution in [0.1, 0.15) is 26.5 Å². The van der Waals surface area contributed by atoms with Crippen molar-refractivity contribution in [2.45, 2.75) is 32.5 Å². The number of rotatable bonds is 1. The summed E-state index contributed by atoms with van der Waals surface area (Å²) in [6, 6.07) is 0. The van der Waals surface area contributed by atoms with Crippen LogP contribution in [0.3, 0.4) is 0 Å². The number of ether oxygens (including phenoxy) is 1. The second-order valence-electron chi connectivity index (χ2n) is 3.72. The van der Waals surface area contributed by atoms with Gasteiger partial charge in [0.2, 0.25) is 0 Å². The van der Waals surface area contributed by atoms with Crippen LogP contribution in [0.25, 0.3) is 0 Å². The van der Waals surface area contributed by atoms with Crippen LogP contribution in [0, 0.1) is 0 Å². The standard InChI is InChI=1S/C7H9F3N2OS/c1-6(2,3)4-5(12-14-11-4)13-7(8,9)10/h1-3H3. The summed E-state index contributed by atoms with van der Waals surface area (Å²) in [5, 5.41) is 0. The van der Waals surface area contributed by atoms with Gasteiger partial charge in [-0.2, -0.15) is 4.37 Å². The first kappa shape index (κ1) is 11.2. The molecule has 0 N–H and O–H groups in total. The number of aromatic nitrogens is 2. The van der Waals surface area contributed by atoms with Crippen molar-refractivity contribution in [3.8, 4) is 5.88 Å². The lowest BCUT2D eigenvalue weighted by Gasteiger charge is -2.16. The summed E-state index contributed by atoms with van der Waals surface area (Å²) in [6.45, 7) is 5.23. The molecule has 14 heavy (non-hydrogen) atoms. The van der Waals surface area contributed by atoms with Crippen LogP contribution >= 0.6 is 11.7 Å². The van der Waals surface area contributed by atoms with E-state index in [1.807, 2.05) is 0 Å². The van der Waals surface area contributed by atoms with Gasteiger partial charge in [-0.3, -0.25) is 0 Å². The number of hydrogen-bond acceptors (Lipinski definition) is 4. The number of nitrogens with zero attached hydrogens (tertiary/aromatic N) is 2. The van der Waals surface area contributed by atoms with Crippen LogP contribution in [0.2, 0.25) is 0 Å². The zero-order valence-corrected chi connectivity index (χ0v) is 8.66. The van der Waals surface area contributed by atoms with Gasteiger partial charge in [0.15, 0.2) is 0 Å². The van der Waals surface area contributed by atoms with Crippen LogP contribution in [-0.4, -0.2) is 15.1 Å². The van der Waals surface area contributed by atoms with Crippen molar-refractivity contribution in [3.63, 3.8) is 0 Å². The molecule has 1 rings (SSSR count). The Morgan fingerprint density at radius 3 is 2.14 bits per heavy atom. The van der Waals surface area contributed by atoms with Crippen molar-refractivity contribution < 1.29 is 17.9 Å². The molecule has 0 radical (unpaired) electrons. The molecular formula is C7H9F3N2OS. The molecule has 0 amide bonds. The van der Waals surface area contributed by atoms with Crippen molar-refractivity contribution in [2.24, 2.45) is 0 Å². The molecule has 0 unspecified atom stereocenters. The number of halogens is 3. The maximum Gasteiger partial charge on any atom is 0.574 e. The van der Waals surface area contributed by atoms with E-state index in [1.165, 1.54) is 0 Å². The van der Waals surface area contributed by atoms with E-state index < -0.39 is 17.7 Å². The lowest BCUT2D eigenvalue weighted by atomic mass is 9.93. The Bertz CT molecular complexity index is 315. The Kier molecular flexibility index (Phi) is 2.71. The second kappa shape index (κ2) is 3.38. The van der Waals surface area contributed by atoms with E-state index in [2.05, 4.69) is 13.5 Å². The summed E-state index contributed by atoms with van der Waals surface area (Å²) in [7, 11) is 0. The average Bonchev–Trinajstić information content (AvgIpc) is 2.29. The quantitative estimate of drug-likeness (QED) is 0.738. The fourth-order valence-electron chi connectivity index (χ4n) is 0.815. The van der Waals surface area contributed by atoms with Gasteiger partial charge in [-0.05, 0) is 0 Å². The topological polar surface area (TPSA) is 35.0 Å².